The Hall–Kier alpha value is -1.29. The molecule has 1 aromatic carbocycles. The molecule has 0 atom stereocenters. The summed E-state index contributed by atoms with van der Waals surface area (Å²) in [6.07, 6.45) is -4.43. The van der Waals surface area contributed by atoms with Gasteiger partial charge in [0.15, 0.2) is 5.82 Å². The fourth-order valence-corrected chi connectivity index (χ4v) is 2.01. The van der Waals surface area contributed by atoms with Crippen LogP contribution in [0.25, 0.3) is 0 Å². The van der Waals surface area contributed by atoms with E-state index >= 15 is 0 Å². The number of halogens is 5. The van der Waals surface area contributed by atoms with E-state index < -0.39 is 24.6 Å². The van der Waals surface area contributed by atoms with Crippen LogP contribution in [0.5, 0.6) is 0 Å². The third-order valence-corrected chi connectivity index (χ3v) is 3.24. The summed E-state index contributed by atoms with van der Waals surface area (Å²) in [6.45, 7) is 1.83. The summed E-state index contributed by atoms with van der Waals surface area (Å²) < 4.78 is 51.4. The van der Waals surface area contributed by atoms with Crippen LogP contribution in [0.3, 0.4) is 0 Å². The Labute approximate surface area is 116 Å². The Bertz CT molecular complexity index is 506. The molecule has 19 heavy (non-hydrogen) atoms. The second-order valence-corrected chi connectivity index (χ2v) is 5.00. The lowest BCUT2D eigenvalue weighted by Gasteiger charge is -2.30. The maximum Gasteiger partial charge on any atom is 0.405 e. The molecule has 1 aromatic rings. The zero-order valence-corrected chi connectivity index (χ0v) is 11.8. The number of nitriles is 1. The molecule has 0 bridgehead atoms. The fourth-order valence-electron chi connectivity index (χ4n) is 1.59. The first-order valence-electron chi connectivity index (χ1n) is 5.39. The molecule has 0 aromatic heterocycles. The molecule has 0 amide bonds. The van der Waals surface area contributed by atoms with E-state index in [1.807, 2.05) is 0 Å². The van der Waals surface area contributed by atoms with Crippen LogP contribution in [-0.4, -0.2) is 18.8 Å². The lowest BCUT2D eigenvalue weighted by molar-refractivity contribution is -0.120. The van der Waals surface area contributed by atoms with Crippen molar-refractivity contribution in [3.63, 3.8) is 0 Å². The maximum atomic E-state index is 14.0. The van der Waals surface area contributed by atoms with Gasteiger partial charge in [-0.2, -0.15) is 18.4 Å². The smallest absolute Gasteiger partial charge is 0.358 e. The van der Waals surface area contributed by atoms with Crippen molar-refractivity contribution in [1.82, 2.24) is 0 Å². The van der Waals surface area contributed by atoms with E-state index in [0.717, 1.165) is 4.90 Å². The van der Waals surface area contributed by atoms with Crippen LogP contribution in [-0.2, 0) is 0 Å². The van der Waals surface area contributed by atoms with Crippen molar-refractivity contribution >= 4 is 21.6 Å². The predicted octanol–water partition coefficient (Wildman–Crippen LogP) is 4.24. The van der Waals surface area contributed by atoms with E-state index in [4.69, 9.17) is 5.26 Å². The molecule has 0 aliphatic heterocycles. The minimum Gasteiger partial charge on any atom is -0.358 e. The monoisotopic (exact) mass is 338 g/mol. The molecule has 0 unspecified atom stereocenters. The summed E-state index contributed by atoms with van der Waals surface area (Å²) in [5.74, 6) is -0.864. The zero-order chi connectivity index (χ0) is 14.8. The van der Waals surface area contributed by atoms with E-state index in [0.29, 0.717) is 0 Å². The van der Waals surface area contributed by atoms with Crippen molar-refractivity contribution in [2.75, 3.05) is 11.4 Å². The average Bonchev–Trinajstić information content (AvgIpc) is 2.28. The van der Waals surface area contributed by atoms with Gasteiger partial charge in [-0.05, 0) is 41.9 Å². The summed E-state index contributed by atoms with van der Waals surface area (Å²) in [5.41, 5.74) is -0.143. The SMILES string of the molecule is CC(C)N(CC(F)(F)F)c1ccc(C#N)c(Br)c1F. The molecular formula is C12H11BrF4N2. The van der Waals surface area contributed by atoms with Crippen molar-refractivity contribution < 1.29 is 17.6 Å². The summed E-state index contributed by atoms with van der Waals surface area (Å²) >= 11 is 2.88. The van der Waals surface area contributed by atoms with E-state index in [1.54, 1.807) is 6.07 Å². The molecular weight excluding hydrogens is 328 g/mol. The van der Waals surface area contributed by atoms with Gasteiger partial charge >= 0.3 is 6.18 Å². The highest BCUT2D eigenvalue weighted by Crippen LogP contribution is 2.32. The molecule has 7 heteroatoms. The molecule has 0 radical (unpaired) electrons. The van der Waals surface area contributed by atoms with E-state index in [-0.39, 0.29) is 15.7 Å². The first kappa shape index (κ1) is 15.8. The number of rotatable bonds is 3. The average molecular weight is 339 g/mol. The summed E-state index contributed by atoms with van der Waals surface area (Å²) in [4.78, 5) is 0.904. The van der Waals surface area contributed by atoms with Gasteiger partial charge in [-0.15, -0.1) is 0 Å². The van der Waals surface area contributed by atoms with Gasteiger partial charge in [0.05, 0.1) is 15.7 Å². The third kappa shape index (κ3) is 3.83. The van der Waals surface area contributed by atoms with Crippen LogP contribution < -0.4 is 4.90 Å². The van der Waals surface area contributed by atoms with Gasteiger partial charge in [0, 0.05) is 6.04 Å². The summed E-state index contributed by atoms with van der Waals surface area (Å²) in [5, 5.41) is 8.73. The molecule has 2 nitrogen and oxygen atoms in total. The van der Waals surface area contributed by atoms with Gasteiger partial charge in [-0.25, -0.2) is 4.39 Å². The van der Waals surface area contributed by atoms with Crippen LogP contribution in [0, 0.1) is 17.1 Å². The van der Waals surface area contributed by atoms with Crippen LogP contribution in [0.1, 0.15) is 19.4 Å². The zero-order valence-electron chi connectivity index (χ0n) is 10.2. The Morgan fingerprint density at radius 2 is 1.95 bits per heavy atom. The number of anilines is 1. The third-order valence-electron chi connectivity index (χ3n) is 2.46. The topological polar surface area (TPSA) is 27.0 Å². The van der Waals surface area contributed by atoms with E-state index in [9.17, 15) is 17.6 Å². The maximum absolute atomic E-state index is 14.0. The Kier molecular flexibility index (Phi) is 4.80. The standard InChI is InChI=1S/C12H11BrF4N2/c1-7(2)19(6-12(15,16)17)9-4-3-8(5-18)10(13)11(9)14/h3-4,7H,6H2,1-2H3. The minimum atomic E-state index is -4.43. The highest BCUT2D eigenvalue weighted by molar-refractivity contribution is 9.10. The van der Waals surface area contributed by atoms with Gasteiger partial charge in [0.2, 0.25) is 0 Å². The largest absolute Gasteiger partial charge is 0.405 e. The quantitative estimate of drug-likeness (QED) is 0.771. The highest BCUT2D eigenvalue weighted by Gasteiger charge is 2.33. The Morgan fingerprint density at radius 1 is 1.37 bits per heavy atom. The minimum absolute atomic E-state index is 0.0389. The molecule has 1 rings (SSSR count). The number of benzene rings is 1. The molecule has 0 saturated carbocycles. The van der Waals surface area contributed by atoms with Crippen molar-refractivity contribution in [3.05, 3.63) is 28.0 Å². The van der Waals surface area contributed by atoms with Gasteiger partial charge in [-0.3, -0.25) is 0 Å². The first-order chi connectivity index (χ1) is 8.67. The molecule has 0 aliphatic carbocycles. The van der Waals surface area contributed by atoms with Crippen LogP contribution in [0.4, 0.5) is 23.2 Å². The van der Waals surface area contributed by atoms with Gasteiger partial charge in [0.1, 0.15) is 12.6 Å². The van der Waals surface area contributed by atoms with Crippen LogP contribution >= 0.6 is 15.9 Å². The molecule has 0 fully saturated rings. The van der Waals surface area contributed by atoms with Crippen molar-refractivity contribution in [3.8, 4) is 6.07 Å². The van der Waals surface area contributed by atoms with E-state index in [2.05, 4.69) is 15.9 Å². The van der Waals surface area contributed by atoms with Gasteiger partial charge < -0.3 is 4.90 Å². The number of nitrogens with zero attached hydrogens (tertiary/aromatic N) is 2. The molecule has 0 spiro atoms. The number of hydrogen-bond acceptors (Lipinski definition) is 2. The number of hydrogen-bond donors (Lipinski definition) is 0. The second kappa shape index (κ2) is 5.78. The lowest BCUT2D eigenvalue weighted by Crippen LogP contribution is -2.39. The Morgan fingerprint density at radius 3 is 2.37 bits per heavy atom. The van der Waals surface area contributed by atoms with Crippen molar-refractivity contribution in [1.29, 1.82) is 5.26 Å². The molecule has 0 heterocycles. The molecule has 0 N–H and O–H groups in total. The lowest BCUT2D eigenvalue weighted by atomic mass is 10.1. The highest BCUT2D eigenvalue weighted by atomic mass is 79.9. The van der Waals surface area contributed by atoms with Crippen molar-refractivity contribution in [2.24, 2.45) is 0 Å². The van der Waals surface area contributed by atoms with E-state index in [1.165, 1.54) is 26.0 Å². The normalized spacial score (nSPS) is 11.5. The van der Waals surface area contributed by atoms with Gasteiger partial charge in [-0.1, -0.05) is 0 Å². The van der Waals surface area contributed by atoms with Gasteiger partial charge in [0.25, 0.3) is 0 Å². The summed E-state index contributed by atoms with van der Waals surface area (Å²) in [6, 6.07) is 3.69. The number of alkyl halides is 3. The summed E-state index contributed by atoms with van der Waals surface area (Å²) in [7, 11) is 0. The van der Waals surface area contributed by atoms with Crippen LogP contribution in [0.15, 0.2) is 16.6 Å². The van der Waals surface area contributed by atoms with Crippen LogP contribution in [0.2, 0.25) is 0 Å². The van der Waals surface area contributed by atoms with Crippen molar-refractivity contribution in [2.45, 2.75) is 26.1 Å². The molecule has 0 saturated heterocycles. The predicted molar refractivity (Wildman–Crippen MR) is 67.4 cm³/mol. The fraction of sp³-hybridized carbons (Fsp3) is 0.417. The molecule has 0 aliphatic rings. The first-order valence-corrected chi connectivity index (χ1v) is 6.18. The molecule has 104 valence electrons. The second-order valence-electron chi connectivity index (χ2n) is 4.21. The Balaban J connectivity index is 3.26.